The van der Waals surface area contributed by atoms with Gasteiger partial charge in [-0.15, -0.1) is 0 Å². The number of ketones is 1. The summed E-state index contributed by atoms with van der Waals surface area (Å²) in [6.45, 7) is 3.07. The van der Waals surface area contributed by atoms with Crippen LogP contribution in [0.15, 0.2) is 18.2 Å². The van der Waals surface area contributed by atoms with Gasteiger partial charge in [-0.05, 0) is 26.0 Å². The van der Waals surface area contributed by atoms with Gasteiger partial charge in [-0.3, -0.25) is 9.00 Å². The largest absolute Gasteiger partial charge is 0.299 e. The van der Waals surface area contributed by atoms with Gasteiger partial charge in [0.05, 0.1) is 11.0 Å². The van der Waals surface area contributed by atoms with E-state index in [0.29, 0.717) is 15.6 Å². The van der Waals surface area contributed by atoms with E-state index in [2.05, 4.69) is 0 Å². The second kappa shape index (κ2) is 5.80. The molecule has 0 heterocycles. The number of carbonyl (C=O) groups excluding carboxylic acids is 1. The third kappa shape index (κ3) is 3.30. The number of halogens is 2. The van der Waals surface area contributed by atoms with Crippen molar-refractivity contribution in [1.82, 2.24) is 0 Å². The average Bonchev–Trinajstić information content (AvgIpc) is 2.22. The molecule has 0 N–H and O–H groups in total. The van der Waals surface area contributed by atoms with E-state index in [1.165, 1.54) is 6.92 Å². The summed E-state index contributed by atoms with van der Waals surface area (Å²) in [6.07, 6.45) is 0. The fraction of sp³-hybridized carbons (Fsp3) is 0.364. The molecule has 0 fully saturated rings. The standard InChI is InChI=1S/C11H12Cl2O2S/c1-7(14)8(2)16(15)6-9-10(12)4-3-5-11(9)13/h3-5,8H,6H2,1-2H3. The first-order valence-corrected chi connectivity index (χ1v) is 6.87. The van der Waals surface area contributed by atoms with Crippen LogP contribution in [-0.2, 0) is 21.3 Å². The molecule has 1 rings (SSSR count). The number of benzene rings is 1. The van der Waals surface area contributed by atoms with Crippen molar-refractivity contribution in [2.24, 2.45) is 0 Å². The van der Waals surface area contributed by atoms with Crippen LogP contribution in [-0.4, -0.2) is 15.2 Å². The van der Waals surface area contributed by atoms with Crippen molar-refractivity contribution in [2.75, 3.05) is 0 Å². The number of hydrogen-bond acceptors (Lipinski definition) is 2. The second-order valence-corrected chi connectivity index (χ2v) is 6.05. The molecule has 0 aliphatic heterocycles. The van der Waals surface area contributed by atoms with E-state index in [1.54, 1.807) is 25.1 Å². The summed E-state index contributed by atoms with van der Waals surface area (Å²) < 4.78 is 11.8. The molecule has 0 aliphatic rings. The van der Waals surface area contributed by atoms with Crippen LogP contribution in [0.4, 0.5) is 0 Å². The molecule has 0 amide bonds. The van der Waals surface area contributed by atoms with Crippen molar-refractivity contribution >= 4 is 39.8 Å². The summed E-state index contributed by atoms with van der Waals surface area (Å²) in [5.74, 6) is 0.112. The van der Waals surface area contributed by atoms with Crippen molar-refractivity contribution < 1.29 is 9.00 Å². The van der Waals surface area contributed by atoms with Gasteiger partial charge in [0.25, 0.3) is 0 Å². The maximum atomic E-state index is 11.8. The SMILES string of the molecule is CC(=O)C(C)S(=O)Cc1c(Cl)cccc1Cl. The maximum Gasteiger partial charge on any atom is 0.145 e. The van der Waals surface area contributed by atoms with Crippen molar-refractivity contribution in [2.45, 2.75) is 24.9 Å². The zero-order valence-corrected chi connectivity index (χ0v) is 11.3. The lowest BCUT2D eigenvalue weighted by atomic mass is 10.2. The van der Waals surface area contributed by atoms with Gasteiger partial charge in [0.1, 0.15) is 5.78 Å². The van der Waals surface area contributed by atoms with Crippen LogP contribution in [0.1, 0.15) is 19.4 Å². The molecule has 2 atom stereocenters. The van der Waals surface area contributed by atoms with Crippen molar-refractivity contribution in [3.8, 4) is 0 Å². The van der Waals surface area contributed by atoms with Crippen molar-refractivity contribution in [3.05, 3.63) is 33.8 Å². The second-order valence-electron chi connectivity index (χ2n) is 3.48. The van der Waals surface area contributed by atoms with E-state index in [-0.39, 0.29) is 11.5 Å². The van der Waals surface area contributed by atoms with Crippen molar-refractivity contribution in [1.29, 1.82) is 0 Å². The summed E-state index contributed by atoms with van der Waals surface area (Å²) in [5.41, 5.74) is 0.636. The Bertz CT molecular complexity index is 412. The fourth-order valence-electron chi connectivity index (χ4n) is 1.12. The predicted octanol–water partition coefficient (Wildman–Crippen LogP) is 3.22. The molecule has 16 heavy (non-hydrogen) atoms. The first kappa shape index (κ1) is 13.7. The van der Waals surface area contributed by atoms with Crippen LogP contribution in [0.5, 0.6) is 0 Å². The molecule has 2 unspecified atom stereocenters. The Kier molecular flexibility index (Phi) is 4.96. The van der Waals surface area contributed by atoms with Gasteiger partial charge in [-0.2, -0.15) is 0 Å². The molecule has 0 saturated carbocycles. The fourth-order valence-corrected chi connectivity index (χ4v) is 3.03. The van der Waals surface area contributed by atoms with Crippen LogP contribution in [0.25, 0.3) is 0 Å². The van der Waals surface area contributed by atoms with Crippen LogP contribution in [0.2, 0.25) is 10.0 Å². The highest BCUT2D eigenvalue weighted by molar-refractivity contribution is 7.85. The highest BCUT2D eigenvalue weighted by Gasteiger charge is 2.18. The Morgan fingerprint density at radius 3 is 2.31 bits per heavy atom. The number of Topliss-reactive ketones (excluding diaryl/α,β-unsaturated/α-hetero) is 1. The lowest BCUT2D eigenvalue weighted by Crippen LogP contribution is -2.21. The van der Waals surface area contributed by atoms with Gasteiger partial charge in [0.15, 0.2) is 0 Å². The quantitative estimate of drug-likeness (QED) is 0.848. The zero-order chi connectivity index (χ0) is 12.3. The van der Waals surface area contributed by atoms with E-state index in [4.69, 9.17) is 23.2 Å². The van der Waals surface area contributed by atoms with Crippen molar-refractivity contribution in [3.63, 3.8) is 0 Å². The Balaban J connectivity index is 2.89. The molecule has 0 radical (unpaired) electrons. The highest BCUT2D eigenvalue weighted by Crippen LogP contribution is 2.26. The van der Waals surface area contributed by atoms with Gasteiger partial charge in [0, 0.05) is 26.4 Å². The molecule has 5 heteroatoms. The molecule has 0 saturated heterocycles. The summed E-state index contributed by atoms with van der Waals surface area (Å²) in [7, 11) is -1.28. The molecular weight excluding hydrogens is 267 g/mol. The van der Waals surface area contributed by atoms with E-state index < -0.39 is 16.0 Å². The molecular formula is C11H12Cl2O2S. The minimum atomic E-state index is -1.28. The van der Waals surface area contributed by atoms with Gasteiger partial charge >= 0.3 is 0 Å². The van der Waals surface area contributed by atoms with Crippen LogP contribution in [0, 0.1) is 0 Å². The zero-order valence-electron chi connectivity index (χ0n) is 9.00. The first-order valence-electron chi connectivity index (χ1n) is 4.74. The van der Waals surface area contributed by atoms with Gasteiger partial charge in [-0.1, -0.05) is 29.3 Å². The van der Waals surface area contributed by atoms with Gasteiger partial charge in [-0.25, -0.2) is 0 Å². The lowest BCUT2D eigenvalue weighted by Gasteiger charge is -2.10. The smallest absolute Gasteiger partial charge is 0.145 e. The topological polar surface area (TPSA) is 34.1 Å². The van der Waals surface area contributed by atoms with Crippen LogP contribution >= 0.6 is 23.2 Å². The third-order valence-electron chi connectivity index (χ3n) is 2.32. The summed E-state index contributed by atoms with van der Waals surface area (Å²) in [6, 6.07) is 5.11. The van der Waals surface area contributed by atoms with Crippen LogP contribution in [0.3, 0.4) is 0 Å². The van der Waals surface area contributed by atoms with Gasteiger partial charge in [0.2, 0.25) is 0 Å². The minimum absolute atomic E-state index is 0.0958. The molecule has 1 aromatic carbocycles. The molecule has 0 bridgehead atoms. The maximum absolute atomic E-state index is 11.8. The van der Waals surface area contributed by atoms with E-state index >= 15 is 0 Å². The highest BCUT2D eigenvalue weighted by atomic mass is 35.5. The summed E-state index contributed by atoms with van der Waals surface area (Å²) in [4.78, 5) is 11.1. The Hall–Kier alpha value is -0.380. The summed E-state index contributed by atoms with van der Waals surface area (Å²) in [5, 5.41) is 0.473. The Labute approximate surface area is 107 Å². The molecule has 0 aromatic heterocycles. The third-order valence-corrected chi connectivity index (χ3v) is 4.72. The lowest BCUT2D eigenvalue weighted by molar-refractivity contribution is -0.116. The Morgan fingerprint density at radius 1 is 1.38 bits per heavy atom. The molecule has 88 valence electrons. The van der Waals surface area contributed by atoms with E-state index in [0.717, 1.165) is 0 Å². The van der Waals surface area contributed by atoms with E-state index in [9.17, 15) is 9.00 Å². The summed E-state index contributed by atoms with van der Waals surface area (Å²) >= 11 is 11.9. The molecule has 0 aliphatic carbocycles. The van der Waals surface area contributed by atoms with Crippen LogP contribution < -0.4 is 0 Å². The monoisotopic (exact) mass is 278 g/mol. The molecule has 2 nitrogen and oxygen atoms in total. The minimum Gasteiger partial charge on any atom is -0.299 e. The average molecular weight is 279 g/mol. The Morgan fingerprint density at radius 2 is 1.88 bits per heavy atom. The normalized spacial score (nSPS) is 14.5. The number of rotatable bonds is 4. The molecule has 0 spiro atoms. The first-order chi connectivity index (χ1) is 7.43. The molecule has 1 aromatic rings. The number of hydrogen-bond donors (Lipinski definition) is 0. The predicted molar refractivity (Wildman–Crippen MR) is 68.5 cm³/mol. The number of carbonyl (C=O) groups is 1. The van der Waals surface area contributed by atoms with E-state index in [1.807, 2.05) is 0 Å². The van der Waals surface area contributed by atoms with Gasteiger partial charge < -0.3 is 0 Å².